The van der Waals surface area contributed by atoms with Crippen molar-refractivity contribution in [2.24, 2.45) is 0 Å². The number of benzene rings is 3. The van der Waals surface area contributed by atoms with Crippen LogP contribution in [0.25, 0.3) is 33.8 Å². The number of nitrogens with one attached hydrogen (secondary N) is 1. The highest BCUT2D eigenvalue weighted by Gasteiger charge is 2.23. The minimum Gasteiger partial charge on any atom is -0.488 e. The zero-order chi connectivity index (χ0) is 26.9. The van der Waals surface area contributed by atoms with Crippen molar-refractivity contribution < 1.29 is 22.6 Å². The quantitative estimate of drug-likeness (QED) is 0.261. The number of H-pyrrole nitrogens is 1. The Labute approximate surface area is 225 Å². The topological polar surface area (TPSA) is 90.7 Å². The first-order chi connectivity index (χ1) is 19.0. The summed E-state index contributed by atoms with van der Waals surface area (Å²) in [7, 11) is 0. The van der Waals surface area contributed by atoms with Crippen molar-refractivity contribution in [2.45, 2.75) is 38.5 Å². The van der Waals surface area contributed by atoms with Gasteiger partial charge in [0.15, 0.2) is 17.5 Å². The Morgan fingerprint density at radius 1 is 1.03 bits per heavy atom. The second kappa shape index (κ2) is 10.7. The van der Waals surface area contributed by atoms with Crippen molar-refractivity contribution in [1.82, 2.24) is 30.2 Å². The predicted octanol–water partition coefficient (Wildman–Crippen LogP) is 6.10. The van der Waals surface area contributed by atoms with Crippen molar-refractivity contribution in [2.75, 3.05) is 6.61 Å². The van der Waals surface area contributed by atoms with E-state index in [4.69, 9.17) is 21.1 Å². The summed E-state index contributed by atoms with van der Waals surface area (Å²) in [6.45, 7) is 0.928. The predicted molar refractivity (Wildman–Crippen MR) is 138 cm³/mol. The van der Waals surface area contributed by atoms with E-state index in [1.54, 1.807) is 30.3 Å². The van der Waals surface area contributed by atoms with Gasteiger partial charge in [-0.1, -0.05) is 23.7 Å². The van der Waals surface area contributed by atoms with Crippen LogP contribution in [-0.4, -0.2) is 42.9 Å². The average Bonchev–Trinajstić information content (AvgIpc) is 3.58. The average molecular weight is 555 g/mol. The van der Waals surface area contributed by atoms with Gasteiger partial charge < -0.3 is 14.0 Å². The first-order valence-corrected chi connectivity index (χ1v) is 12.8. The number of hydrogen-bond acceptors (Lipinski definition) is 6. The van der Waals surface area contributed by atoms with Crippen molar-refractivity contribution in [3.63, 3.8) is 0 Å². The number of fused-ring (bicyclic) bond motifs is 1. The van der Waals surface area contributed by atoms with Crippen LogP contribution in [0.1, 0.15) is 24.8 Å². The fourth-order valence-electron chi connectivity index (χ4n) is 4.71. The Hall–Kier alpha value is -3.96. The van der Waals surface area contributed by atoms with E-state index in [1.165, 1.54) is 6.07 Å². The molecule has 3 aromatic carbocycles. The van der Waals surface area contributed by atoms with E-state index in [9.17, 15) is 13.2 Å². The monoisotopic (exact) mass is 554 g/mol. The number of tetrazole rings is 1. The summed E-state index contributed by atoms with van der Waals surface area (Å²) in [5, 5.41) is 13.8. The summed E-state index contributed by atoms with van der Waals surface area (Å²) in [6.07, 6.45) is 2.73. The molecule has 3 heterocycles. The summed E-state index contributed by atoms with van der Waals surface area (Å²) in [5.74, 6) is -1.34. The Morgan fingerprint density at radius 2 is 1.90 bits per heavy atom. The van der Waals surface area contributed by atoms with E-state index in [2.05, 4.69) is 25.6 Å². The number of rotatable bonds is 7. The van der Waals surface area contributed by atoms with Gasteiger partial charge in [-0.15, -0.1) is 5.10 Å². The van der Waals surface area contributed by atoms with Gasteiger partial charge in [0, 0.05) is 34.9 Å². The smallest absolute Gasteiger partial charge is 0.179 e. The van der Waals surface area contributed by atoms with Gasteiger partial charge in [-0.3, -0.25) is 0 Å². The van der Waals surface area contributed by atoms with Crippen LogP contribution in [0.2, 0.25) is 5.02 Å². The highest BCUT2D eigenvalue weighted by molar-refractivity contribution is 6.30. The third kappa shape index (κ3) is 5.19. The molecule has 2 aromatic heterocycles. The molecule has 1 N–H and O–H groups in total. The molecular formula is C27H22ClF3N6O2. The lowest BCUT2D eigenvalue weighted by atomic mass is 10.1. The molecule has 0 spiro atoms. The maximum Gasteiger partial charge on any atom is 0.179 e. The van der Waals surface area contributed by atoms with Crippen LogP contribution in [0.3, 0.4) is 0 Å². The van der Waals surface area contributed by atoms with Gasteiger partial charge in [0.1, 0.15) is 24.0 Å². The zero-order valence-corrected chi connectivity index (χ0v) is 21.3. The van der Waals surface area contributed by atoms with Crippen LogP contribution in [0.15, 0.2) is 48.5 Å². The summed E-state index contributed by atoms with van der Waals surface area (Å²) in [5.41, 5.74) is 2.05. The van der Waals surface area contributed by atoms with E-state index in [0.717, 1.165) is 31.4 Å². The Kier molecular flexibility index (Phi) is 6.92. The summed E-state index contributed by atoms with van der Waals surface area (Å²) in [6, 6.07) is 11.8. The van der Waals surface area contributed by atoms with Gasteiger partial charge in [0.05, 0.1) is 29.2 Å². The number of hydrogen-bond donors (Lipinski definition) is 1. The SMILES string of the molecule is Fc1cc2nc(-c3ccc(Cl)cc3OCc3ccc(-c4nnn[nH]4)cc3F)n(CC3CCCCO3)c2cc1F. The van der Waals surface area contributed by atoms with Gasteiger partial charge in [0.2, 0.25) is 0 Å². The molecule has 39 heavy (non-hydrogen) atoms. The molecule has 1 unspecified atom stereocenters. The lowest BCUT2D eigenvalue weighted by Crippen LogP contribution is -2.24. The second-order valence-corrected chi connectivity index (χ2v) is 9.71. The number of ether oxygens (including phenoxy) is 2. The molecule has 1 atom stereocenters. The molecule has 0 bridgehead atoms. The van der Waals surface area contributed by atoms with Gasteiger partial charge in [-0.2, -0.15) is 0 Å². The Morgan fingerprint density at radius 3 is 2.67 bits per heavy atom. The van der Waals surface area contributed by atoms with Crippen molar-refractivity contribution in [3.8, 4) is 28.5 Å². The molecular weight excluding hydrogens is 533 g/mol. The number of aromatic amines is 1. The molecule has 1 aliphatic rings. The van der Waals surface area contributed by atoms with E-state index in [-0.39, 0.29) is 12.7 Å². The van der Waals surface area contributed by atoms with Crippen LogP contribution in [0, 0.1) is 17.5 Å². The standard InChI is InChI=1S/C27H22ClF3N6O2/c28-17-6-7-19(25(10-17)39-14-16-5-4-15(9-20(16)29)26-33-35-36-34-26)27-32-23-11-21(30)22(31)12-24(23)37(27)13-18-3-1-2-8-38-18/h4-7,9-12,18H,1-3,8,13-14H2,(H,33,34,35,36). The lowest BCUT2D eigenvalue weighted by molar-refractivity contribution is 0.00685. The number of halogens is 4. The van der Waals surface area contributed by atoms with Crippen LogP contribution in [0.5, 0.6) is 5.75 Å². The molecule has 8 nitrogen and oxygen atoms in total. The van der Waals surface area contributed by atoms with Crippen LogP contribution in [-0.2, 0) is 17.9 Å². The van der Waals surface area contributed by atoms with Gasteiger partial charge >= 0.3 is 0 Å². The highest BCUT2D eigenvalue weighted by Crippen LogP contribution is 2.36. The maximum atomic E-state index is 14.9. The molecule has 6 rings (SSSR count). The number of nitrogens with zero attached hydrogens (tertiary/aromatic N) is 5. The summed E-state index contributed by atoms with van der Waals surface area (Å²) >= 11 is 6.29. The molecule has 0 saturated carbocycles. The molecule has 1 aliphatic heterocycles. The molecule has 1 fully saturated rings. The van der Waals surface area contributed by atoms with Crippen molar-refractivity contribution >= 4 is 22.6 Å². The normalized spacial score (nSPS) is 15.6. The molecule has 200 valence electrons. The number of aromatic nitrogens is 6. The van der Waals surface area contributed by atoms with Gasteiger partial charge in [0.25, 0.3) is 0 Å². The maximum absolute atomic E-state index is 14.9. The summed E-state index contributed by atoms with van der Waals surface area (Å²) in [4.78, 5) is 4.63. The van der Waals surface area contributed by atoms with Crippen LogP contribution < -0.4 is 4.74 Å². The van der Waals surface area contributed by atoms with Crippen molar-refractivity contribution in [3.05, 3.63) is 76.6 Å². The molecule has 1 saturated heterocycles. The third-order valence-electron chi connectivity index (χ3n) is 6.69. The Balaban J connectivity index is 1.36. The molecule has 12 heteroatoms. The van der Waals surface area contributed by atoms with Crippen molar-refractivity contribution in [1.29, 1.82) is 0 Å². The zero-order valence-electron chi connectivity index (χ0n) is 20.5. The van der Waals surface area contributed by atoms with Gasteiger partial charge in [-0.05, 0) is 54.0 Å². The molecule has 0 aliphatic carbocycles. The minimum absolute atomic E-state index is 0.105. The fourth-order valence-corrected chi connectivity index (χ4v) is 4.88. The highest BCUT2D eigenvalue weighted by atomic mass is 35.5. The van der Waals surface area contributed by atoms with Gasteiger partial charge in [-0.25, -0.2) is 23.3 Å². The number of imidazole rings is 1. The largest absolute Gasteiger partial charge is 0.488 e. The molecule has 5 aromatic rings. The van der Waals surface area contributed by atoms with E-state index < -0.39 is 17.5 Å². The molecule has 0 amide bonds. The minimum atomic E-state index is -0.986. The first-order valence-electron chi connectivity index (χ1n) is 12.4. The first kappa shape index (κ1) is 25.3. The van der Waals surface area contributed by atoms with E-state index >= 15 is 0 Å². The molecule has 0 radical (unpaired) electrons. The lowest BCUT2D eigenvalue weighted by Gasteiger charge is -2.24. The third-order valence-corrected chi connectivity index (χ3v) is 6.93. The van der Waals surface area contributed by atoms with E-state index in [1.807, 2.05) is 4.57 Å². The fraction of sp³-hybridized carbons (Fsp3) is 0.259. The Bertz CT molecular complexity index is 1640. The van der Waals surface area contributed by atoms with E-state index in [0.29, 0.717) is 63.3 Å². The van der Waals surface area contributed by atoms with Crippen LogP contribution in [0.4, 0.5) is 13.2 Å². The second-order valence-electron chi connectivity index (χ2n) is 9.27. The summed E-state index contributed by atoms with van der Waals surface area (Å²) < 4.78 is 57.1. The van der Waals surface area contributed by atoms with Crippen LogP contribution >= 0.6 is 11.6 Å².